The Morgan fingerprint density at radius 2 is 1.75 bits per heavy atom. The Bertz CT molecular complexity index is 1460. The molecule has 0 radical (unpaired) electrons. The molecule has 11 nitrogen and oxygen atoms in total. The first-order valence-electron chi connectivity index (χ1n) is 10.1. The number of hydrogen-bond donors (Lipinski definition) is 1. The number of aliphatic imine (C=N–C) groups is 1. The molecule has 1 heterocycles. The van der Waals surface area contributed by atoms with Crippen LogP contribution in [-0.2, 0) is 4.79 Å². The second-order valence-corrected chi connectivity index (χ2v) is 8.55. The maximum Gasteiger partial charge on any atom is 0.318 e. The number of carbonyl (C=O) groups is 1. The molecule has 1 N–H and O–H groups in total. The molecule has 182 valence electrons. The lowest BCUT2D eigenvalue weighted by molar-refractivity contribution is -0.394. The Hall–Kier alpha value is -4.42. The van der Waals surface area contributed by atoms with E-state index in [4.69, 9.17) is 21.1 Å². The van der Waals surface area contributed by atoms with E-state index in [2.05, 4.69) is 10.3 Å². The van der Waals surface area contributed by atoms with Gasteiger partial charge in [0.1, 0.15) is 0 Å². The van der Waals surface area contributed by atoms with E-state index in [1.165, 1.54) is 13.2 Å². The van der Waals surface area contributed by atoms with Crippen molar-refractivity contribution < 1.29 is 24.1 Å². The van der Waals surface area contributed by atoms with Gasteiger partial charge in [-0.2, -0.15) is 0 Å². The van der Waals surface area contributed by atoms with Gasteiger partial charge in [-0.3, -0.25) is 25.0 Å². The predicted molar refractivity (Wildman–Crippen MR) is 135 cm³/mol. The van der Waals surface area contributed by atoms with Crippen molar-refractivity contribution in [3.63, 3.8) is 0 Å². The van der Waals surface area contributed by atoms with Crippen molar-refractivity contribution in [2.45, 2.75) is 0 Å². The van der Waals surface area contributed by atoms with E-state index in [-0.39, 0.29) is 23.2 Å². The zero-order valence-corrected chi connectivity index (χ0v) is 19.9. The average Bonchev–Trinajstić information content (AvgIpc) is 3.19. The first-order valence-corrected chi connectivity index (χ1v) is 11.3. The number of halogens is 1. The second kappa shape index (κ2) is 10.5. The summed E-state index contributed by atoms with van der Waals surface area (Å²) in [5.41, 5.74) is 0.0132. The first-order chi connectivity index (χ1) is 17.2. The summed E-state index contributed by atoms with van der Waals surface area (Å²) in [4.78, 5) is 38.1. The number of rotatable bonds is 7. The SMILES string of the molecule is COc1ccc(/C=C2\SC(=Nc3ccccc3Cl)NC2=O)cc1Oc1ccc([N+](=O)[O-])cc1[N+](=O)[O-]. The van der Waals surface area contributed by atoms with E-state index < -0.39 is 21.2 Å². The fourth-order valence-corrected chi connectivity index (χ4v) is 4.13. The van der Waals surface area contributed by atoms with Crippen LogP contribution in [0, 0.1) is 20.2 Å². The fraction of sp³-hybridized carbons (Fsp3) is 0.0435. The van der Waals surface area contributed by atoms with E-state index in [0.29, 0.717) is 26.3 Å². The van der Waals surface area contributed by atoms with Crippen LogP contribution in [0.4, 0.5) is 17.1 Å². The molecule has 4 rings (SSSR count). The van der Waals surface area contributed by atoms with Crippen LogP contribution in [0.2, 0.25) is 5.02 Å². The number of thioether (sulfide) groups is 1. The van der Waals surface area contributed by atoms with Gasteiger partial charge in [0.25, 0.3) is 11.6 Å². The highest BCUT2D eigenvalue weighted by molar-refractivity contribution is 8.18. The van der Waals surface area contributed by atoms with Crippen LogP contribution in [0.3, 0.4) is 0 Å². The number of carbonyl (C=O) groups excluding carboxylic acids is 1. The summed E-state index contributed by atoms with van der Waals surface area (Å²) in [6, 6.07) is 14.8. The maximum atomic E-state index is 12.5. The molecular weight excluding hydrogens is 512 g/mol. The zero-order valence-electron chi connectivity index (χ0n) is 18.3. The molecule has 0 atom stereocenters. The van der Waals surface area contributed by atoms with Crippen molar-refractivity contribution in [3.05, 3.63) is 96.4 Å². The minimum absolute atomic E-state index is 0.108. The highest BCUT2D eigenvalue weighted by Gasteiger charge is 2.25. The third-order valence-electron chi connectivity index (χ3n) is 4.78. The Balaban J connectivity index is 1.64. The third-order valence-corrected chi connectivity index (χ3v) is 6.01. The Labute approximate surface area is 212 Å². The molecule has 0 bridgehead atoms. The Morgan fingerprint density at radius 1 is 1.00 bits per heavy atom. The van der Waals surface area contributed by atoms with Crippen molar-refractivity contribution in [2.24, 2.45) is 4.99 Å². The average molecular weight is 527 g/mol. The molecule has 3 aromatic carbocycles. The van der Waals surface area contributed by atoms with Crippen LogP contribution in [0.5, 0.6) is 17.2 Å². The number of non-ortho nitro benzene ring substituents is 1. The zero-order chi connectivity index (χ0) is 25.8. The summed E-state index contributed by atoms with van der Waals surface area (Å²) in [6.45, 7) is 0. The minimum Gasteiger partial charge on any atom is -0.493 e. The molecule has 3 aromatic rings. The summed E-state index contributed by atoms with van der Waals surface area (Å²) < 4.78 is 11.0. The normalized spacial score (nSPS) is 15.1. The van der Waals surface area contributed by atoms with Crippen LogP contribution >= 0.6 is 23.4 Å². The number of amides is 1. The molecule has 1 aliphatic rings. The highest BCUT2D eigenvalue weighted by atomic mass is 35.5. The van der Waals surface area contributed by atoms with E-state index in [1.807, 2.05) is 0 Å². The number of benzene rings is 3. The topological polar surface area (TPSA) is 146 Å². The van der Waals surface area contributed by atoms with Crippen molar-refractivity contribution in [2.75, 3.05) is 7.11 Å². The Kier molecular flexibility index (Phi) is 7.17. The van der Waals surface area contributed by atoms with Gasteiger partial charge in [-0.25, -0.2) is 4.99 Å². The molecule has 0 aromatic heterocycles. The monoisotopic (exact) mass is 526 g/mol. The van der Waals surface area contributed by atoms with Gasteiger partial charge in [0.15, 0.2) is 16.7 Å². The van der Waals surface area contributed by atoms with E-state index in [1.54, 1.807) is 42.5 Å². The molecule has 1 fully saturated rings. The number of nitrogens with zero attached hydrogens (tertiary/aromatic N) is 3. The largest absolute Gasteiger partial charge is 0.493 e. The van der Waals surface area contributed by atoms with Crippen LogP contribution < -0.4 is 14.8 Å². The second-order valence-electron chi connectivity index (χ2n) is 7.11. The van der Waals surface area contributed by atoms with Crippen LogP contribution in [0.25, 0.3) is 6.08 Å². The summed E-state index contributed by atoms with van der Waals surface area (Å²) in [5.74, 6) is -0.211. The molecule has 13 heteroatoms. The number of amidine groups is 1. The first kappa shape index (κ1) is 24.7. The maximum absolute atomic E-state index is 12.5. The van der Waals surface area contributed by atoms with Gasteiger partial charge in [-0.1, -0.05) is 29.8 Å². The number of nitro benzene ring substituents is 2. The number of methoxy groups -OCH3 is 1. The van der Waals surface area contributed by atoms with Gasteiger partial charge in [0.05, 0.1) is 38.6 Å². The number of nitro groups is 2. The molecule has 1 amide bonds. The summed E-state index contributed by atoms with van der Waals surface area (Å²) in [7, 11) is 1.39. The molecule has 1 saturated heterocycles. The van der Waals surface area contributed by atoms with Gasteiger partial charge in [-0.05, 0) is 53.7 Å². The smallest absolute Gasteiger partial charge is 0.318 e. The van der Waals surface area contributed by atoms with Crippen molar-refractivity contribution in [3.8, 4) is 17.2 Å². The highest BCUT2D eigenvalue weighted by Crippen LogP contribution is 2.39. The molecule has 0 saturated carbocycles. The standard InChI is InChI=1S/C23H15ClN4O7S/c1-34-19-8-6-13(10-20(19)35-18-9-7-14(27(30)31)12-17(18)28(32)33)11-21-22(29)26-23(36-21)25-16-5-3-2-4-15(16)24/h2-12H,1H3,(H,25,26,29)/b21-11-. The van der Waals surface area contributed by atoms with Crippen molar-refractivity contribution in [1.29, 1.82) is 0 Å². The van der Waals surface area contributed by atoms with Gasteiger partial charge in [0, 0.05) is 6.07 Å². The van der Waals surface area contributed by atoms with E-state index >= 15 is 0 Å². The van der Waals surface area contributed by atoms with Crippen LogP contribution in [-0.4, -0.2) is 28.0 Å². The fourth-order valence-electron chi connectivity index (χ4n) is 3.11. The summed E-state index contributed by atoms with van der Waals surface area (Å²) in [6.07, 6.45) is 1.59. The van der Waals surface area contributed by atoms with E-state index in [0.717, 1.165) is 30.0 Å². The van der Waals surface area contributed by atoms with E-state index in [9.17, 15) is 25.0 Å². The lowest BCUT2D eigenvalue weighted by Gasteiger charge is -2.11. The molecular formula is C23H15ClN4O7S. The molecule has 0 unspecified atom stereocenters. The third kappa shape index (κ3) is 5.45. The van der Waals surface area contributed by atoms with Crippen LogP contribution in [0.15, 0.2) is 70.6 Å². The Morgan fingerprint density at radius 3 is 2.44 bits per heavy atom. The molecule has 0 spiro atoms. The lowest BCUT2D eigenvalue weighted by atomic mass is 10.2. The van der Waals surface area contributed by atoms with Crippen molar-refractivity contribution >= 4 is 57.6 Å². The summed E-state index contributed by atoms with van der Waals surface area (Å²) >= 11 is 7.24. The lowest BCUT2D eigenvalue weighted by Crippen LogP contribution is -2.19. The number of hydrogen-bond acceptors (Lipinski definition) is 9. The molecule has 1 aliphatic heterocycles. The predicted octanol–water partition coefficient (Wildman–Crippen LogP) is 5.85. The van der Waals surface area contributed by atoms with Gasteiger partial charge in [0.2, 0.25) is 5.75 Å². The van der Waals surface area contributed by atoms with Crippen molar-refractivity contribution in [1.82, 2.24) is 5.32 Å². The minimum atomic E-state index is -0.778. The molecule has 36 heavy (non-hydrogen) atoms. The number of nitrogens with one attached hydrogen (secondary N) is 1. The van der Waals surface area contributed by atoms with Crippen LogP contribution in [0.1, 0.15) is 5.56 Å². The number of para-hydroxylation sites is 1. The van der Waals surface area contributed by atoms with Gasteiger partial charge >= 0.3 is 5.69 Å². The number of ether oxygens (including phenoxy) is 2. The van der Waals surface area contributed by atoms with Gasteiger partial charge in [-0.15, -0.1) is 0 Å². The van der Waals surface area contributed by atoms with Gasteiger partial charge < -0.3 is 14.8 Å². The molecule has 0 aliphatic carbocycles. The summed E-state index contributed by atoms with van der Waals surface area (Å²) in [5, 5.41) is 25.9. The quantitative estimate of drug-likeness (QED) is 0.229.